The molecule has 1 saturated heterocycles. The molecule has 0 aliphatic carbocycles. The highest BCUT2D eigenvalue weighted by molar-refractivity contribution is 5.76. The largest absolute Gasteiger partial charge is 0.508 e. The van der Waals surface area contributed by atoms with Crippen LogP contribution in [0.1, 0.15) is 12.0 Å². The Balaban J connectivity index is 1.76. The van der Waals surface area contributed by atoms with E-state index in [2.05, 4.69) is 10.6 Å². The van der Waals surface area contributed by atoms with Gasteiger partial charge >= 0.3 is 0 Å². The molecule has 5 heteroatoms. The minimum atomic E-state index is -0.0405. The molecule has 18 heavy (non-hydrogen) atoms. The summed E-state index contributed by atoms with van der Waals surface area (Å²) >= 11 is 0. The number of hydrogen-bond acceptors (Lipinski definition) is 4. The van der Waals surface area contributed by atoms with E-state index in [1.54, 1.807) is 18.2 Å². The Hall–Kier alpha value is -1.59. The normalized spacial score (nSPS) is 19.4. The number of aromatic hydroxyl groups is 1. The molecule has 1 atom stereocenters. The fourth-order valence-electron chi connectivity index (χ4n) is 1.90. The molecule has 0 saturated carbocycles. The van der Waals surface area contributed by atoms with E-state index in [-0.39, 0.29) is 17.7 Å². The standard InChI is InChI=1S/C13H18N2O3/c16-12-4-2-1-3-10(12)8-15-13(17)7-11-9-18-6-5-14-11/h1-4,11,14,16H,5-9H2,(H,15,17). The highest BCUT2D eigenvalue weighted by atomic mass is 16.5. The van der Waals surface area contributed by atoms with E-state index >= 15 is 0 Å². The molecule has 1 aliphatic heterocycles. The molecule has 1 aliphatic rings. The van der Waals surface area contributed by atoms with Gasteiger partial charge in [0.2, 0.25) is 5.91 Å². The van der Waals surface area contributed by atoms with Gasteiger partial charge in [-0.15, -0.1) is 0 Å². The molecule has 5 nitrogen and oxygen atoms in total. The quantitative estimate of drug-likeness (QED) is 0.723. The number of carbonyl (C=O) groups excluding carboxylic acids is 1. The van der Waals surface area contributed by atoms with Crippen LogP contribution in [0.2, 0.25) is 0 Å². The second-order valence-corrected chi connectivity index (χ2v) is 4.34. The first kappa shape index (κ1) is 12.9. The first-order valence-electron chi connectivity index (χ1n) is 6.10. The molecule has 1 amide bonds. The molecule has 2 rings (SSSR count). The second kappa shape index (κ2) is 6.37. The molecule has 3 N–H and O–H groups in total. The molecule has 0 bridgehead atoms. The van der Waals surface area contributed by atoms with Crippen molar-refractivity contribution in [2.24, 2.45) is 0 Å². The summed E-state index contributed by atoms with van der Waals surface area (Å²) in [4.78, 5) is 11.7. The van der Waals surface area contributed by atoms with Crippen LogP contribution >= 0.6 is 0 Å². The van der Waals surface area contributed by atoms with Gasteiger partial charge in [-0.2, -0.15) is 0 Å². The van der Waals surface area contributed by atoms with Crippen LogP contribution in [0, 0.1) is 0 Å². The van der Waals surface area contributed by atoms with Gasteiger partial charge in [0, 0.05) is 31.1 Å². The van der Waals surface area contributed by atoms with Crippen LogP contribution in [0.15, 0.2) is 24.3 Å². The van der Waals surface area contributed by atoms with Gasteiger partial charge in [0.05, 0.1) is 13.2 Å². The van der Waals surface area contributed by atoms with Crippen LogP contribution in [0.3, 0.4) is 0 Å². The van der Waals surface area contributed by atoms with E-state index in [1.165, 1.54) is 0 Å². The molecule has 1 aromatic carbocycles. The summed E-state index contributed by atoms with van der Waals surface area (Å²) in [6, 6.07) is 7.07. The fourth-order valence-corrected chi connectivity index (χ4v) is 1.90. The third kappa shape index (κ3) is 3.72. The maximum Gasteiger partial charge on any atom is 0.221 e. The maximum atomic E-state index is 11.7. The van der Waals surface area contributed by atoms with E-state index in [9.17, 15) is 9.90 Å². The van der Waals surface area contributed by atoms with Crippen LogP contribution < -0.4 is 10.6 Å². The summed E-state index contributed by atoms with van der Waals surface area (Å²) in [5.41, 5.74) is 0.721. The Morgan fingerprint density at radius 2 is 2.33 bits per heavy atom. The number of amides is 1. The lowest BCUT2D eigenvalue weighted by Gasteiger charge is -2.23. The van der Waals surface area contributed by atoms with Gasteiger partial charge in [-0.1, -0.05) is 18.2 Å². The predicted molar refractivity (Wildman–Crippen MR) is 67.2 cm³/mol. The zero-order valence-corrected chi connectivity index (χ0v) is 10.2. The number of hydrogen-bond donors (Lipinski definition) is 3. The summed E-state index contributed by atoms with van der Waals surface area (Å²) in [5, 5.41) is 15.6. The lowest BCUT2D eigenvalue weighted by molar-refractivity contribution is -0.122. The molecular formula is C13H18N2O3. The van der Waals surface area contributed by atoms with Crippen molar-refractivity contribution >= 4 is 5.91 Å². The average Bonchev–Trinajstić information content (AvgIpc) is 2.39. The Kier molecular flexibility index (Phi) is 4.55. The predicted octanol–water partition coefficient (Wildman–Crippen LogP) is 0.387. The third-order valence-corrected chi connectivity index (χ3v) is 2.90. The van der Waals surface area contributed by atoms with E-state index in [0.717, 1.165) is 12.1 Å². The molecule has 1 heterocycles. The van der Waals surface area contributed by atoms with Crippen LogP contribution in [0.4, 0.5) is 0 Å². The Bertz CT molecular complexity index is 403. The Labute approximate surface area is 106 Å². The zero-order valence-electron chi connectivity index (χ0n) is 10.2. The van der Waals surface area contributed by atoms with Gasteiger partial charge in [0.15, 0.2) is 0 Å². The number of phenolic OH excluding ortho intramolecular Hbond substituents is 1. The summed E-state index contributed by atoms with van der Waals surface area (Å²) < 4.78 is 5.28. The van der Waals surface area contributed by atoms with Crippen LogP contribution in [-0.4, -0.2) is 36.8 Å². The third-order valence-electron chi connectivity index (χ3n) is 2.90. The van der Waals surface area contributed by atoms with Crippen molar-refractivity contribution in [3.8, 4) is 5.75 Å². The van der Waals surface area contributed by atoms with E-state index in [0.29, 0.717) is 26.2 Å². The molecule has 1 fully saturated rings. The SMILES string of the molecule is O=C(CC1COCCN1)NCc1ccccc1O. The molecule has 1 unspecified atom stereocenters. The van der Waals surface area contributed by atoms with Crippen molar-refractivity contribution in [1.29, 1.82) is 0 Å². The number of carbonyl (C=O) groups is 1. The lowest BCUT2D eigenvalue weighted by atomic mass is 10.1. The highest BCUT2D eigenvalue weighted by Crippen LogP contribution is 2.14. The molecule has 0 aromatic heterocycles. The van der Waals surface area contributed by atoms with E-state index in [1.807, 2.05) is 6.07 Å². The first-order chi connectivity index (χ1) is 8.75. The van der Waals surface area contributed by atoms with Crippen molar-refractivity contribution in [3.63, 3.8) is 0 Å². The minimum Gasteiger partial charge on any atom is -0.508 e. The number of phenols is 1. The summed E-state index contributed by atoms with van der Waals surface area (Å²) in [6.45, 7) is 2.41. The molecule has 0 spiro atoms. The summed E-state index contributed by atoms with van der Waals surface area (Å²) in [5.74, 6) is 0.165. The fraction of sp³-hybridized carbons (Fsp3) is 0.462. The topological polar surface area (TPSA) is 70.6 Å². The second-order valence-electron chi connectivity index (χ2n) is 4.34. The highest BCUT2D eigenvalue weighted by Gasteiger charge is 2.16. The molecule has 1 aromatic rings. The molecule has 98 valence electrons. The number of ether oxygens (including phenoxy) is 1. The number of rotatable bonds is 4. The van der Waals surface area contributed by atoms with Crippen molar-refractivity contribution in [3.05, 3.63) is 29.8 Å². The van der Waals surface area contributed by atoms with Crippen molar-refractivity contribution in [1.82, 2.24) is 10.6 Å². The van der Waals surface area contributed by atoms with Crippen LogP contribution in [0.5, 0.6) is 5.75 Å². The number of benzene rings is 1. The Morgan fingerprint density at radius 3 is 3.06 bits per heavy atom. The smallest absolute Gasteiger partial charge is 0.221 e. The number of nitrogens with one attached hydrogen (secondary N) is 2. The lowest BCUT2D eigenvalue weighted by Crippen LogP contribution is -2.44. The van der Waals surface area contributed by atoms with Gasteiger partial charge in [0.1, 0.15) is 5.75 Å². The minimum absolute atomic E-state index is 0.0405. The van der Waals surface area contributed by atoms with Gasteiger partial charge < -0.3 is 20.5 Å². The Morgan fingerprint density at radius 1 is 1.50 bits per heavy atom. The summed E-state index contributed by atoms with van der Waals surface area (Å²) in [6.07, 6.45) is 0.396. The van der Waals surface area contributed by atoms with Crippen molar-refractivity contribution in [2.75, 3.05) is 19.8 Å². The number of para-hydroxylation sites is 1. The maximum absolute atomic E-state index is 11.7. The average molecular weight is 250 g/mol. The van der Waals surface area contributed by atoms with Gasteiger partial charge in [-0.3, -0.25) is 4.79 Å². The van der Waals surface area contributed by atoms with Gasteiger partial charge in [-0.25, -0.2) is 0 Å². The van der Waals surface area contributed by atoms with Crippen LogP contribution in [0.25, 0.3) is 0 Å². The van der Waals surface area contributed by atoms with Gasteiger partial charge in [0.25, 0.3) is 0 Å². The summed E-state index contributed by atoms with van der Waals surface area (Å²) in [7, 11) is 0. The van der Waals surface area contributed by atoms with Crippen molar-refractivity contribution in [2.45, 2.75) is 19.0 Å². The van der Waals surface area contributed by atoms with E-state index < -0.39 is 0 Å². The zero-order chi connectivity index (χ0) is 12.8. The number of morpholine rings is 1. The van der Waals surface area contributed by atoms with Crippen molar-refractivity contribution < 1.29 is 14.6 Å². The van der Waals surface area contributed by atoms with Crippen LogP contribution in [-0.2, 0) is 16.1 Å². The van der Waals surface area contributed by atoms with E-state index in [4.69, 9.17) is 4.74 Å². The monoisotopic (exact) mass is 250 g/mol. The molecular weight excluding hydrogens is 232 g/mol. The first-order valence-corrected chi connectivity index (χ1v) is 6.10. The molecule has 0 radical (unpaired) electrons. The van der Waals surface area contributed by atoms with Gasteiger partial charge in [-0.05, 0) is 6.07 Å².